The maximum absolute atomic E-state index is 13.1. The first-order valence-electron chi connectivity index (χ1n) is 10.5. The van der Waals surface area contributed by atoms with Crippen molar-refractivity contribution in [3.8, 4) is 0 Å². The molecule has 160 valence electrons. The van der Waals surface area contributed by atoms with Gasteiger partial charge in [0.2, 0.25) is 0 Å². The number of nitrogens with zero attached hydrogens (tertiary/aromatic N) is 3. The Morgan fingerprint density at radius 1 is 1.17 bits per heavy atom. The minimum absolute atomic E-state index is 0.205. The summed E-state index contributed by atoms with van der Waals surface area (Å²) in [6.45, 7) is 11.9. The molecule has 0 unspecified atom stereocenters. The first kappa shape index (κ1) is 21.1. The number of anilines is 1. The van der Waals surface area contributed by atoms with Gasteiger partial charge in [0.1, 0.15) is 0 Å². The highest BCUT2D eigenvalue weighted by Crippen LogP contribution is 2.37. The normalized spacial score (nSPS) is 20.3. The Kier molecular flexibility index (Phi) is 5.07. The summed E-state index contributed by atoms with van der Waals surface area (Å²) < 4.78 is 14.3. The lowest BCUT2D eigenvalue weighted by molar-refractivity contribution is 0.00578. The molecule has 1 N–H and O–H groups in total. The van der Waals surface area contributed by atoms with Crippen LogP contribution in [0.2, 0.25) is 0 Å². The number of fused-ring (bicyclic) bond motifs is 1. The highest BCUT2D eigenvalue weighted by Gasteiger charge is 2.52. The third-order valence-corrected chi connectivity index (χ3v) is 6.78. The summed E-state index contributed by atoms with van der Waals surface area (Å²) in [5.74, 6) is 0.236. The summed E-state index contributed by atoms with van der Waals surface area (Å²) >= 11 is 0. The fourth-order valence-corrected chi connectivity index (χ4v) is 4.05. The molecule has 2 aliphatic heterocycles. The van der Waals surface area contributed by atoms with E-state index in [4.69, 9.17) is 9.31 Å². The monoisotopic (exact) mass is 410 g/mol. The van der Waals surface area contributed by atoms with Crippen LogP contribution in [0.4, 0.5) is 5.69 Å². The molecule has 2 aromatic rings. The van der Waals surface area contributed by atoms with E-state index >= 15 is 0 Å². The Balaban J connectivity index is 1.58. The summed E-state index contributed by atoms with van der Waals surface area (Å²) in [7, 11) is 3.52. The first-order chi connectivity index (χ1) is 14.0. The predicted octanol–water partition coefficient (Wildman–Crippen LogP) is 2.27. The van der Waals surface area contributed by atoms with Gasteiger partial charge in [0.15, 0.2) is 5.82 Å². The second kappa shape index (κ2) is 7.22. The highest BCUT2D eigenvalue weighted by atomic mass is 16.7. The number of imidazole rings is 1. The molecule has 0 saturated carbocycles. The molecule has 1 aromatic carbocycles. The van der Waals surface area contributed by atoms with Crippen molar-refractivity contribution in [2.75, 3.05) is 18.9 Å². The van der Waals surface area contributed by atoms with Crippen LogP contribution in [0.3, 0.4) is 0 Å². The summed E-state index contributed by atoms with van der Waals surface area (Å²) in [6, 6.07) is 5.81. The van der Waals surface area contributed by atoms with Crippen molar-refractivity contribution in [2.45, 2.75) is 58.8 Å². The molecule has 1 saturated heterocycles. The van der Waals surface area contributed by atoms with Gasteiger partial charge in [0, 0.05) is 37.9 Å². The zero-order valence-corrected chi connectivity index (χ0v) is 19.0. The van der Waals surface area contributed by atoms with Crippen molar-refractivity contribution in [3.63, 3.8) is 0 Å². The predicted molar refractivity (Wildman–Crippen MR) is 118 cm³/mol. The van der Waals surface area contributed by atoms with Gasteiger partial charge in [0.05, 0.1) is 16.9 Å². The lowest BCUT2D eigenvalue weighted by Crippen LogP contribution is -2.41. The van der Waals surface area contributed by atoms with E-state index in [1.807, 2.05) is 64.4 Å². The molecule has 0 aliphatic carbocycles. The number of hydrogen-bond acceptors (Lipinski definition) is 5. The smallest absolute Gasteiger partial charge is 0.399 e. The molecule has 0 atom stereocenters. The summed E-state index contributed by atoms with van der Waals surface area (Å²) in [4.78, 5) is 19.9. The van der Waals surface area contributed by atoms with Crippen LogP contribution in [-0.4, -0.2) is 52.3 Å². The largest absolute Gasteiger partial charge is 0.495 e. The van der Waals surface area contributed by atoms with E-state index < -0.39 is 18.3 Å². The minimum Gasteiger partial charge on any atom is -0.399 e. The summed E-state index contributed by atoms with van der Waals surface area (Å²) in [5.41, 5.74) is 3.89. The van der Waals surface area contributed by atoms with Gasteiger partial charge in [-0.1, -0.05) is 12.1 Å². The van der Waals surface area contributed by atoms with E-state index in [0.29, 0.717) is 5.82 Å². The third-order valence-electron chi connectivity index (χ3n) is 6.78. The van der Waals surface area contributed by atoms with Crippen molar-refractivity contribution in [1.82, 2.24) is 14.5 Å². The number of carbonyl (C=O) groups excluding carboxylic acids is 1. The zero-order chi connectivity index (χ0) is 21.8. The van der Waals surface area contributed by atoms with E-state index in [-0.39, 0.29) is 5.91 Å². The summed E-state index contributed by atoms with van der Waals surface area (Å²) in [5, 5.41) is 3.05. The molecule has 2 aliphatic rings. The van der Waals surface area contributed by atoms with Crippen LogP contribution in [0.25, 0.3) is 0 Å². The number of benzene rings is 1. The average molecular weight is 410 g/mol. The van der Waals surface area contributed by atoms with Gasteiger partial charge in [-0.25, -0.2) is 4.98 Å². The van der Waals surface area contributed by atoms with Gasteiger partial charge in [-0.05, 0) is 58.8 Å². The van der Waals surface area contributed by atoms with Crippen molar-refractivity contribution in [3.05, 3.63) is 41.0 Å². The lowest BCUT2D eigenvalue weighted by Gasteiger charge is -2.32. The molecule has 4 rings (SSSR count). The summed E-state index contributed by atoms with van der Waals surface area (Å²) in [6.07, 6.45) is 0.902. The molecule has 0 bridgehead atoms. The van der Waals surface area contributed by atoms with Crippen LogP contribution >= 0.6 is 0 Å². The van der Waals surface area contributed by atoms with Gasteiger partial charge in [-0.2, -0.15) is 0 Å². The van der Waals surface area contributed by atoms with Gasteiger partial charge in [-0.3, -0.25) is 4.79 Å². The Bertz CT molecular complexity index is 983. The second-order valence-corrected chi connectivity index (χ2v) is 9.44. The van der Waals surface area contributed by atoms with Crippen LogP contribution in [0.5, 0.6) is 0 Å². The maximum atomic E-state index is 13.1. The Labute approximate surface area is 178 Å². The molecule has 7 nitrogen and oxygen atoms in total. The molecule has 1 amide bonds. The molecular weight excluding hydrogens is 379 g/mol. The first-order valence-corrected chi connectivity index (χ1v) is 10.5. The number of rotatable bonds is 3. The fourth-order valence-electron chi connectivity index (χ4n) is 4.05. The van der Waals surface area contributed by atoms with Crippen molar-refractivity contribution in [1.29, 1.82) is 0 Å². The van der Waals surface area contributed by atoms with Crippen LogP contribution in [0, 0.1) is 6.92 Å². The number of aromatic nitrogens is 2. The Morgan fingerprint density at radius 2 is 1.83 bits per heavy atom. The molecule has 1 fully saturated rings. The third kappa shape index (κ3) is 3.47. The minimum atomic E-state index is -0.470. The molecule has 30 heavy (non-hydrogen) atoms. The SMILES string of the molecule is Cc1c(NC(=O)c2nc3c(n2C)CCN(C)C3)cccc1B1OC(C)(C)C(C)(C)O1. The van der Waals surface area contributed by atoms with Crippen LogP contribution in [-0.2, 0) is 29.3 Å². The Morgan fingerprint density at radius 3 is 2.50 bits per heavy atom. The molecule has 1 aromatic heterocycles. The second-order valence-electron chi connectivity index (χ2n) is 9.44. The van der Waals surface area contributed by atoms with E-state index in [1.54, 1.807) is 0 Å². The zero-order valence-electron chi connectivity index (χ0n) is 19.0. The number of nitrogens with one attached hydrogen (secondary N) is 1. The van der Waals surface area contributed by atoms with E-state index in [9.17, 15) is 4.79 Å². The van der Waals surface area contributed by atoms with Crippen molar-refractivity contribution >= 4 is 24.2 Å². The molecule has 8 heteroatoms. The van der Waals surface area contributed by atoms with Gasteiger partial charge >= 0.3 is 7.12 Å². The lowest BCUT2D eigenvalue weighted by atomic mass is 9.76. The van der Waals surface area contributed by atoms with Gasteiger partial charge in [-0.15, -0.1) is 0 Å². The number of carbonyl (C=O) groups is 1. The quantitative estimate of drug-likeness (QED) is 0.787. The van der Waals surface area contributed by atoms with E-state index in [1.165, 1.54) is 0 Å². The number of likely N-dealkylation sites (N-methyl/N-ethyl adjacent to an activating group) is 1. The van der Waals surface area contributed by atoms with E-state index in [2.05, 4.69) is 22.2 Å². The molecular formula is C22H31BN4O3. The van der Waals surface area contributed by atoms with Gasteiger partial charge < -0.3 is 24.1 Å². The van der Waals surface area contributed by atoms with Crippen LogP contribution in [0.1, 0.15) is 55.3 Å². The maximum Gasteiger partial charge on any atom is 0.495 e. The number of amides is 1. The average Bonchev–Trinajstić information content (AvgIpc) is 3.09. The molecule has 3 heterocycles. The van der Waals surface area contributed by atoms with Crippen molar-refractivity contribution < 1.29 is 14.1 Å². The highest BCUT2D eigenvalue weighted by molar-refractivity contribution is 6.62. The van der Waals surface area contributed by atoms with Crippen LogP contribution < -0.4 is 10.8 Å². The Hall–Kier alpha value is -2.16. The topological polar surface area (TPSA) is 68.6 Å². The van der Waals surface area contributed by atoms with E-state index in [0.717, 1.165) is 47.6 Å². The molecule has 0 spiro atoms. The van der Waals surface area contributed by atoms with Gasteiger partial charge in [0.25, 0.3) is 5.91 Å². The standard InChI is InChI=1S/C22H31BN4O3/c1-14-15(23-29-21(2,3)22(4,5)30-23)9-8-10-16(14)25-20(28)19-24-17-13-26(6)12-11-18(17)27(19)7/h8-10H,11-13H2,1-7H3,(H,25,28). The molecule has 0 radical (unpaired) electrons. The van der Waals surface area contributed by atoms with Crippen LogP contribution in [0.15, 0.2) is 18.2 Å². The number of hydrogen-bond donors (Lipinski definition) is 1. The fraction of sp³-hybridized carbons (Fsp3) is 0.545. The van der Waals surface area contributed by atoms with Crippen molar-refractivity contribution in [2.24, 2.45) is 7.05 Å².